The summed E-state index contributed by atoms with van der Waals surface area (Å²) >= 11 is 0. The van der Waals surface area contributed by atoms with Gasteiger partial charge < -0.3 is 0 Å². The number of rotatable bonds is 0. The summed E-state index contributed by atoms with van der Waals surface area (Å²) in [6, 6.07) is 20.4. The summed E-state index contributed by atoms with van der Waals surface area (Å²) in [5, 5.41) is 0. The van der Waals surface area contributed by atoms with Crippen molar-refractivity contribution in [1.82, 2.24) is 0 Å². The van der Waals surface area contributed by atoms with Crippen LogP contribution in [0.2, 0.25) is 0 Å². The smallest absolute Gasteiger partial charge is 0.243 e. The van der Waals surface area contributed by atoms with E-state index in [4.69, 9.17) is 0 Å². The lowest BCUT2D eigenvalue weighted by molar-refractivity contribution is -0.116. The summed E-state index contributed by atoms with van der Waals surface area (Å²) in [5.41, 5.74) is 2.87. The molecule has 18 heavy (non-hydrogen) atoms. The fourth-order valence-corrected chi connectivity index (χ4v) is 2.02. The molecule has 0 bridgehead atoms. The maximum atomic E-state index is 11.9. The highest BCUT2D eigenvalue weighted by molar-refractivity contribution is 6.04. The van der Waals surface area contributed by atoms with Crippen LogP contribution in [-0.4, -0.2) is 5.91 Å². The van der Waals surface area contributed by atoms with Gasteiger partial charge in [-0.3, -0.25) is 4.79 Å². The van der Waals surface area contributed by atoms with Crippen LogP contribution < -0.4 is 4.90 Å². The lowest BCUT2D eigenvalue weighted by Crippen LogP contribution is -2.20. The molecule has 2 aromatic rings. The minimum atomic E-state index is 0.0413. The zero-order valence-electron chi connectivity index (χ0n) is 9.76. The molecule has 1 aliphatic heterocycles. The molecule has 0 saturated heterocycles. The summed E-state index contributed by atoms with van der Waals surface area (Å²) in [5.74, 6) is 3.05. The van der Waals surface area contributed by atoms with Gasteiger partial charge >= 0.3 is 0 Å². The van der Waals surface area contributed by atoms with Crippen LogP contribution in [0.5, 0.6) is 0 Å². The van der Waals surface area contributed by atoms with E-state index in [1.54, 1.807) is 4.90 Å². The molecule has 1 aliphatic rings. The van der Waals surface area contributed by atoms with Crippen molar-refractivity contribution in [3.05, 3.63) is 65.7 Å². The van der Waals surface area contributed by atoms with Crippen molar-refractivity contribution in [1.29, 1.82) is 0 Å². The normalized spacial score (nSPS) is 12.9. The van der Waals surface area contributed by atoms with E-state index in [2.05, 4.69) is 12.0 Å². The van der Waals surface area contributed by atoms with E-state index in [9.17, 15) is 4.79 Å². The van der Waals surface area contributed by atoms with E-state index in [-0.39, 0.29) is 5.91 Å². The first-order valence-corrected chi connectivity index (χ1v) is 5.82. The number of anilines is 1. The fraction of sp³-hybridized carbons (Fsp3) is 0.0625. The molecule has 0 unspecified atom stereocenters. The Morgan fingerprint density at radius 2 is 1.67 bits per heavy atom. The van der Waals surface area contributed by atoms with Gasteiger partial charge in [0, 0.05) is 11.6 Å². The second kappa shape index (κ2) is 4.38. The highest BCUT2D eigenvalue weighted by atomic mass is 16.2. The standard InChI is InChI=1S/C16H11NO/c18-16-12-14-8-4-5-9-15(14)17(16)11-10-13-6-2-1-3-7-13/h1-9H,12H2. The van der Waals surface area contributed by atoms with Gasteiger partial charge in [-0.25, -0.2) is 4.90 Å². The van der Waals surface area contributed by atoms with Gasteiger partial charge in [0.15, 0.2) is 0 Å². The third-order valence-electron chi connectivity index (χ3n) is 2.91. The minimum absolute atomic E-state index is 0.0413. The van der Waals surface area contributed by atoms with Crippen LogP contribution in [0.4, 0.5) is 5.69 Å². The van der Waals surface area contributed by atoms with Crippen LogP contribution in [0.1, 0.15) is 11.1 Å². The third-order valence-corrected chi connectivity index (χ3v) is 2.91. The number of hydrogen-bond acceptors (Lipinski definition) is 1. The molecule has 0 aliphatic carbocycles. The number of carbonyl (C=O) groups excluding carboxylic acids is 1. The molecule has 2 aromatic carbocycles. The number of carbonyl (C=O) groups is 1. The van der Waals surface area contributed by atoms with Gasteiger partial charge in [0.1, 0.15) is 0 Å². The maximum Gasteiger partial charge on any atom is 0.243 e. The number of benzene rings is 2. The van der Waals surface area contributed by atoms with E-state index in [0.717, 1.165) is 16.8 Å². The third kappa shape index (κ3) is 1.87. The van der Waals surface area contributed by atoms with Crippen LogP contribution in [0.15, 0.2) is 54.6 Å². The number of nitrogens with zero attached hydrogens (tertiary/aromatic N) is 1. The predicted octanol–water partition coefficient (Wildman–Crippen LogP) is 2.58. The molecular weight excluding hydrogens is 222 g/mol. The SMILES string of the molecule is O=C1Cc2ccccc2N1C#Cc1ccccc1. The Bertz CT molecular complexity index is 650. The van der Waals surface area contributed by atoms with Crippen LogP contribution >= 0.6 is 0 Å². The Hall–Kier alpha value is -2.53. The van der Waals surface area contributed by atoms with Crippen molar-refractivity contribution in [2.24, 2.45) is 0 Å². The van der Waals surface area contributed by atoms with Crippen molar-refractivity contribution in [2.45, 2.75) is 6.42 Å². The molecule has 0 spiro atoms. The van der Waals surface area contributed by atoms with Crippen LogP contribution in [0, 0.1) is 12.0 Å². The zero-order chi connectivity index (χ0) is 12.4. The van der Waals surface area contributed by atoms with Gasteiger partial charge in [-0.15, -0.1) is 0 Å². The summed E-state index contributed by atoms with van der Waals surface area (Å²) in [7, 11) is 0. The largest absolute Gasteiger partial charge is 0.273 e. The first-order chi connectivity index (χ1) is 8.84. The summed E-state index contributed by atoms with van der Waals surface area (Å²) < 4.78 is 0. The molecule has 0 saturated carbocycles. The summed E-state index contributed by atoms with van der Waals surface area (Å²) in [4.78, 5) is 13.4. The molecule has 0 radical (unpaired) electrons. The molecule has 2 heteroatoms. The number of para-hydroxylation sites is 1. The first-order valence-electron chi connectivity index (χ1n) is 5.82. The highest BCUT2D eigenvalue weighted by Gasteiger charge is 2.25. The number of amides is 1. The lowest BCUT2D eigenvalue weighted by atomic mass is 10.2. The quantitative estimate of drug-likeness (QED) is 0.640. The molecule has 1 amide bonds. The van der Waals surface area contributed by atoms with Gasteiger partial charge in [0.25, 0.3) is 0 Å². The second-order valence-corrected chi connectivity index (χ2v) is 4.14. The Kier molecular flexibility index (Phi) is 2.59. The average Bonchev–Trinajstić information content (AvgIpc) is 2.73. The molecule has 0 aromatic heterocycles. The Labute approximate surface area is 106 Å². The lowest BCUT2D eigenvalue weighted by Gasteiger charge is -2.07. The molecule has 0 N–H and O–H groups in total. The van der Waals surface area contributed by atoms with Crippen LogP contribution in [0.25, 0.3) is 0 Å². The van der Waals surface area contributed by atoms with E-state index in [1.165, 1.54) is 0 Å². The van der Waals surface area contributed by atoms with E-state index in [0.29, 0.717) is 6.42 Å². The van der Waals surface area contributed by atoms with Crippen molar-refractivity contribution in [2.75, 3.05) is 4.90 Å². The molecular formula is C16H11NO. The topological polar surface area (TPSA) is 20.3 Å². The van der Waals surface area contributed by atoms with Crippen LogP contribution in [0.3, 0.4) is 0 Å². The van der Waals surface area contributed by atoms with Crippen molar-refractivity contribution in [3.63, 3.8) is 0 Å². The zero-order valence-corrected chi connectivity index (χ0v) is 9.76. The Morgan fingerprint density at radius 3 is 2.50 bits per heavy atom. The monoisotopic (exact) mass is 233 g/mol. The molecule has 86 valence electrons. The van der Waals surface area contributed by atoms with Gasteiger partial charge in [-0.2, -0.15) is 0 Å². The molecule has 0 fully saturated rings. The van der Waals surface area contributed by atoms with Crippen LogP contribution in [-0.2, 0) is 11.2 Å². The number of hydrogen-bond donors (Lipinski definition) is 0. The van der Waals surface area contributed by atoms with E-state index >= 15 is 0 Å². The predicted molar refractivity (Wildman–Crippen MR) is 71.0 cm³/mol. The van der Waals surface area contributed by atoms with Gasteiger partial charge in [0.2, 0.25) is 5.91 Å². The summed E-state index contributed by atoms with van der Waals surface area (Å²) in [6.45, 7) is 0. The van der Waals surface area contributed by atoms with E-state index in [1.807, 2.05) is 54.6 Å². The Balaban J connectivity index is 1.95. The Morgan fingerprint density at radius 1 is 0.944 bits per heavy atom. The van der Waals surface area contributed by atoms with Crippen molar-refractivity contribution >= 4 is 11.6 Å². The molecule has 2 nitrogen and oxygen atoms in total. The number of fused-ring (bicyclic) bond motifs is 1. The highest BCUT2D eigenvalue weighted by Crippen LogP contribution is 2.27. The van der Waals surface area contributed by atoms with Gasteiger partial charge in [-0.05, 0) is 29.7 Å². The molecule has 0 atom stereocenters. The van der Waals surface area contributed by atoms with E-state index < -0.39 is 0 Å². The van der Waals surface area contributed by atoms with Gasteiger partial charge in [0.05, 0.1) is 12.1 Å². The second-order valence-electron chi connectivity index (χ2n) is 4.14. The minimum Gasteiger partial charge on any atom is -0.273 e. The molecule has 1 heterocycles. The summed E-state index contributed by atoms with van der Waals surface area (Å²) in [6.07, 6.45) is 0.444. The first kappa shape index (κ1) is 10.6. The van der Waals surface area contributed by atoms with Crippen molar-refractivity contribution < 1.29 is 4.79 Å². The van der Waals surface area contributed by atoms with Crippen molar-refractivity contribution in [3.8, 4) is 12.0 Å². The van der Waals surface area contributed by atoms with Gasteiger partial charge in [-0.1, -0.05) is 36.4 Å². The maximum absolute atomic E-state index is 11.9. The fourth-order valence-electron chi connectivity index (χ4n) is 2.02. The molecule has 3 rings (SSSR count). The average molecular weight is 233 g/mol.